The summed E-state index contributed by atoms with van der Waals surface area (Å²) in [5, 5.41) is 4.48. The summed E-state index contributed by atoms with van der Waals surface area (Å²) in [7, 11) is 6.75. The molecule has 0 unspecified atom stereocenters. The highest BCUT2D eigenvalue weighted by molar-refractivity contribution is 7.99. The van der Waals surface area contributed by atoms with E-state index < -0.39 is 0 Å². The van der Waals surface area contributed by atoms with Crippen LogP contribution in [-0.4, -0.2) is 168 Å². The Balaban J connectivity index is 0.00000105. The molecule has 0 aliphatic rings. The van der Waals surface area contributed by atoms with Crippen molar-refractivity contribution >= 4 is 185 Å². The van der Waals surface area contributed by atoms with Crippen molar-refractivity contribution in [3.8, 4) is 0 Å². The molecular formula is C66H86N32O2S6. The highest BCUT2D eigenvalue weighted by Crippen LogP contribution is 2.46. The topological polar surface area (TPSA) is 458 Å². The number of benzene rings is 1. The summed E-state index contributed by atoms with van der Waals surface area (Å²) >= 11 is 9.79. The molecule has 12 aromatic heterocycles. The molecule has 0 fully saturated rings. The molecule has 13 aromatic rings. The Kier molecular flexibility index (Phi) is 26.0. The maximum Gasteiger partial charge on any atom is 0.209 e. The van der Waals surface area contributed by atoms with Gasteiger partial charge < -0.3 is 71.6 Å². The van der Waals surface area contributed by atoms with Gasteiger partial charge >= 0.3 is 0 Å². The van der Waals surface area contributed by atoms with Gasteiger partial charge in [-0.2, -0.15) is 0 Å². The zero-order chi connectivity index (χ0) is 75.3. The van der Waals surface area contributed by atoms with Crippen molar-refractivity contribution in [3.63, 3.8) is 0 Å². The zero-order valence-electron chi connectivity index (χ0n) is 60.7. The molecule has 0 bridgehead atoms. The van der Waals surface area contributed by atoms with E-state index in [1.165, 1.54) is 47.8 Å². The molecule has 1 aromatic carbocycles. The van der Waals surface area contributed by atoms with Gasteiger partial charge in [-0.1, -0.05) is 112 Å². The number of imidazole rings is 6. The minimum absolute atomic E-state index is 0.304. The molecule has 558 valence electrons. The van der Waals surface area contributed by atoms with Gasteiger partial charge in [-0.25, -0.2) is 89.7 Å². The van der Waals surface area contributed by atoms with Crippen LogP contribution in [0.5, 0.6) is 0 Å². The normalized spacial score (nSPS) is 11.6. The number of carbonyl (C=O) groups is 2. The van der Waals surface area contributed by atoms with Crippen LogP contribution in [0.3, 0.4) is 0 Å². The Morgan fingerprint density at radius 1 is 0.283 bits per heavy atom. The number of aryl methyl sites for hydroxylation is 6. The molecule has 0 aliphatic carbocycles. The zero-order valence-corrected chi connectivity index (χ0v) is 65.6. The van der Waals surface area contributed by atoms with Gasteiger partial charge in [-0.15, -0.1) is 0 Å². The first-order valence-corrected chi connectivity index (χ1v) is 40.3. The van der Waals surface area contributed by atoms with Crippen molar-refractivity contribution in [2.24, 2.45) is 0 Å². The Labute approximate surface area is 636 Å². The highest BCUT2D eigenvalue weighted by atomic mass is 32.2. The van der Waals surface area contributed by atoms with Crippen molar-refractivity contribution in [1.29, 1.82) is 0 Å². The summed E-state index contributed by atoms with van der Waals surface area (Å²) in [6, 6.07) is 0. The standard InChI is InChI=1S/C60H72N30S6.2C3H7NO/c1-7-13-85-49-37(43(61)67-25-73-49)79-55(85)91-19-31-32(20-92-56-80-38-44(62)68-26-74-50(38)86(56)14-8-2)34(22-94-58-82-40-46(64)70-28-76-52(40)88(58)16-10-4)36(24-96-60-84-42-48(66)72-30-78-54(42)90(60)18-12-6)35(23-95-59-83-41-47(65)71-29-77-53(41)89(59)17-11-5)33(31)21-93-57-81-39-45(63)69-27-75-51(39)87(57)15-9-3;2*1-4(2)3-5/h25-30H,7-24H2,1-6H3,(H2,61,67,73)(H2,62,68,74)(H2,63,69,75)(H2,64,70,76)(H2,65,71,77)(H2,66,72,78);2*3H,1-2H3. The van der Waals surface area contributed by atoms with Crippen LogP contribution in [-0.2, 0) is 83.4 Å². The molecule has 0 saturated heterocycles. The van der Waals surface area contributed by atoms with E-state index in [0.717, 1.165) is 116 Å². The fourth-order valence-corrected chi connectivity index (χ4v) is 18.4. The summed E-state index contributed by atoms with van der Waals surface area (Å²) in [6.07, 6.45) is 15.4. The maximum atomic E-state index is 9.43. The van der Waals surface area contributed by atoms with Gasteiger partial charge in [0, 0.05) is 102 Å². The molecule has 0 saturated carbocycles. The fourth-order valence-electron chi connectivity index (χ4n) is 11.8. The monoisotopic (exact) mass is 1550 g/mol. The van der Waals surface area contributed by atoms with Gasteiger partial charge in [0.15, 0.2) is 133 Å². The van der Waals surface area contributed by atoms with E-state index in [1.807, 2.05) is 0 Å². The molecule has 34 nitrogen and oxygen atoms in total. The third-order valence-corrected chi connectivity index (χ3v) is 22.5. The molecule has 0 radical (unpaired) electrons. The quantitative estimate of drug-likeness (QED) is 0.0169. The molecule has 12 heterocycles. The van der Waals surface area contributed by atoms with Gasteiger partial charge in [0.2, 0.25) is 12.8 Å². The lowest BCUT2D eigenvalue weighted by Gasteiger charge is -2.27. The second-order valence-corrected chi connectivity index (χ2v) is 30.3. The van der Waals surface area contributed by atoms with Crippen molar-refractivity contribution in [2.45, 2.75) is 185 Å². The number of thioether (sulfide) groups is 6. The second kappa shape index (κ2) is 35.6. The van der Waals surface area contributed by atoms with Crippen LogP contribution in [0.2, 0.25) is 0 Å². The van der Waals surface area contributed by atoms with Gasteiger partial charge in [0.25, 0.3) is 0 Å². The van der Waals surface area contributed by atoms with Crippen LogP contribution in [0.4, 0.5) is 34.9 Å². The third-order valence-electron chi connectivity index (χ3n) is 16.5. The molecule has 13 rings (SSSR count). The van der Waals surface area contributed by atoms with Crippen molar-refractivity contribution in [2.75, 3.05) is 62.6 Å². The van der Waals surface area contributed by atoms with E-state index >= 15 is 0 Å². The smallest absolute Gasteiger partial charge is 0.209 e. The van der Waals surface area contributed by atoms with Crippen LogP contribution in [0, 0.1) is 0 Å². The first kappa shape index (κ1) is 77.5. The van der Waals surface area contributed by atoms with E-state index in [4.69, 9.17) is 94.2 Å². The largest absolute Gasteiger partial charge is 0.382 e. The summed E-state index contributed by atoms with van der Waals surface area (Å²) in [5.41, 5.74) is 53.5. The molecule has 2 amide bonds. The van der Waals surface area contributed by atoms with Gasteiger partial charge in [-0.05, 0) is 71.9 Å². The first-order chi connectivity index (χ1) is 51.4. The minimum atomic E-state index is 0.304. The lowest BCUT2D eigenvalue weighted by molar-refractivity contribution is -0.116. The second-order valence-electron chi connectivity index (χ2n) is 24.6. The predicted molar refractivity (Wildman–Crippen MR) is 423 cm³/mol. The number of nitrogens with zero attached hydrogens (tertiary/aromatic N) is 26. The number of amides is 2. The van der Waals surface area contributed by atoms with Gasteiger partial charge in [0.05, 0.1) is 0 Å². The molecule has 12 N–H and O–H groups in total. The number of fused-ring (bicyclic) bond motifs is 6. The Bertz CT molecular complexity index is 4430. The average molecular weight is 1550 g/mol. The third kappa shape index (κ3) is 16.6. The fraction of sp³-hybridized carbons (Fsp3) is 0.424. The van der Waals surface area contributed by atoms with Crippen molar-refractivity contribution in [1.82, 2.24) is 127 Å². The SMILES string of the molecule is CCCn1c(SCc2c(CSc3nc4c(N)ncnc4n3CCC)c(CSc3nc4c(N)ncnc4n3CCC)c(CSc3nc4c(N)ncnc4n3CCC)c(CSc3nc4c(N)ncnc4n3CCC)c2CSc2nc3c(N)ncnc3n2CCC)nc2c(N)ncnc21.CN(C)C=O.CN(C)C=O. The van der Waals surface area contributed by atoms with Crippen LogP contribution >= 0.6 is 70.6 Å². The molecule has 0 atom stereocenters. The average Bonchev–Trinajstić information content (AvgIpc) is 0.916. The molecule has 0 spiro atoms. The van der Waals surface area contributed by atoms with E-state index in [9.17, 15) is 9.59 Å². The number of anilines is 6. The molecule has 0 aliphatic heterocycles. The van der Waals surface area contributed by atoms with Crippen molar-refractivity contribution in [3.05, 3.63) is 71.3 Å². The lowest BCUT2D eigenvalue weighted by Crippen LogP contribution is -2.14. The van der Waals surface area contributed by atoms with E-state index in [2.05, 4.69) is 98.8 Å². The first-order valence-electron chi connectivity index (χ1n) is 34.4. The number of nitrogen functional groups attached to an aromatic ring is 6. The maximum absolute atomic E-state index is 9.43. The van der Waals surface area contributed by atoms with Crippen molar-refractivity contribution < 1.29 is 9.59 Å². The number of hydrogen-bond donors (Lipinski definition) is 6. The van der Waals surface area contributed by atoms with Gasteiger partial charge in [0.1, 0.15) is 38.0 Å². The molecule has 40 heteroatoms. The van der Waals surface area contributed by atoms with Crippen LogP contribution in [0.25, 0.3) is 67.0 Å². The van der Waals surface area contributed by atoms with E-state index in [-0.39, 0.29) is 0 Å². The predicted octanol–water partition coefficient (Wildman–Crippen LogP) is 9.64. The molecular weight excluding hydrogens is 1470 g/mol. The van der Waals surface area contributed by atoms with Crippen LogP contribution < -0.4 is 34.4 Å². The Morgan fingerprint density at radius 2 is 0.425 bits per heavy atom. The lowest BCUT2D eigenvalue weighted by atomic mass is 9.90. The van der Waals surface area contributed by atoms with E-state index in [1.54, 1.807) is 98.8 Å². The highest BCUT2D eigenvalue weighted by Gasteiger charge is 2.31. The van der Waals surface area contributed by atoms with E-state index in [0.29, 0.717) is 176 Å². The number of hydrogen-bond acceptors (Lipinski definition) is 32. The van der Waals surface area contributed by atoms with Gasteiger partial charge in [-0.3, -0.25) is 9.59 Å². The summed E-state index contributed by atoms with van der Waals surface area (Å²) in [6.45, 7) is 16.7. The number of rotatable bonds is 32. The Morgan fingerprint density at radius 3 is 0.547 bits per heavy atom. The molecule has 106 heavy (non-hydrogen) atoms. The Hall–Kier alpha value is -9.64. The number of nitrogens with two attached hydrogens (primary N) is 6. The summed E-state index contributed by atoms with van der Waals surface area (Å²) in [5.74, 6) is 4.45. The van der Waals surface area contributed by atoms with Crippen LogP contribution in [0.1, 0.15) is 113 Å². The van der Waals surface area contributed by atoms with Crippen LogP contribution in [0.15, 0.2) is 68.9 Å². The number of aromatic nitrogens is 24. The summed E-state index contributed by atoms with van der Waals surface area (Å²) < 4.78 is 12.9. The number of carbonyl (C=O) groups excluding carboxylic acids is 2. The minimum Gasteiger partial charge on any atom is -0.382 e. The summed E-state index contributed by atoms with van der Waals surface area (Å²) in [4.78, 5) is 108.